The summed E-state index contributed by atoms with van der Waals surface area (Å²) in [4.78, 5) is 61.8. The van der Waals surface area contributed by atoms with Crippen LogP contribution in [0.1, 0.15) is 69.9 Å². The highest BCUT2D eigenvalue weighted by Gasteiger charge is 2.30. The number of hydrogen-bond donors (Lipinski definition) is 3. The van der Waals surface area contributed by atoms with Gasteiger partial charge in [0, 0.05) is 29.4 Å². The van der Waals surface area contributed by atoms with Crippen molar-refractivity contribution in [1.82, 2.24) is 16.0 Å². The number of nitrogens with one attached hydrogen (secondary N) is 3. The summed E-state index contributed by atoms with van der Waals surface area (Å²) in [6.45, 7) is 6.73. The largest absolute Gasteiger partial charge is 0.469 e. The molecule has 1 aliphatic carbocycles. The van der Waals surface area contributed by atoms with Gasteiger partial charge in [0.25, 0.3) is 0 Å². The fourth-order valence-corrected chi connectivity index (χ4v) is 7.48. The van der Waals surface area contributed by atoms with Crippen molar-refractivity contribution in [3.63, 3.8) is 0 Å². The molecule has 0 heterocycles. The van der Waals surface area contributed by atoms with Crippen LogP contribution in [0.4, 0.5) is 4.79 Å². The topological polar surface area (TPSA) is 149 Å². The predicted octanol–water partition coefficient (Wildman–Crippen LogP) is 4.97. The van der Waals surface area contributed by atoms with Crippen LogP contribution >= 0.6 is 21.6 Å². The van der Waals surface area contributed by atoms with Gasteiger partial charge in [0.05, 0.1) is 20.6 Å². The number of rotatable bonds is 17. The Morgan fingerprint density at radius 2 is 1.47 bits per heavy atom. The van der Waals surface area contributed by atoms with Crippen LogP contribution in [0.25, 0.3) is 11.1 Å². The Hall–Kier alpha value is -3.71. The number of alkyl carbamates (subject to hydrolysis) is 1. The molecule has 1 aliphatic rings. The fraction of sp³-hybridized carbons (Fsp3) is 0.500. The van der Waals surface area contributed by atoms with Gasteiger partial charge in [-0.1, -0.05) is 97.3 Å². The monoisotopic (exact) mass is 687 g/mol. The van der Waals surface area contributed by atoms with E-state index in [1.165, 1.54) is 25.0 Å². The molecule has 2 unspecified atom stereocenters. The molecule has 11 nitrogen and oxygen atoms in total. The Bertz CT molecular complexity index is 1350. The second-order valence-corrected chi connectivity index (χ2v) is 15.2. The van der Waals surface area contributed by atoms with E-state index in [4.69, 9.17) is 4.74 Å². The fourth-order valence-electron chi connectivity index (χ4n) is 5.02. The first kappa shape index (κ1) is 37.7. The van der Waals surface area contributed by atoms with Gasteiger partial charge in [0.15, 0.2) is 0 Å². The second-order valence-electron chi connectivity index (χ2n) is 12.0. The highest BCUT2D eigenvalue weighted by molar-refractivity contribution is 8.77. The SMILES string of the molecule is COC(=O)CC(NC(=O)CCCCCNC(=O)C(CSSC(C)(C)C)NC(=O)OCC1c2ccccc2-c2ccccc21)C(=O)OC. The molecular formula is C34H45N3O8S2. The van der Waals surface area contributed by atoms with Crippen LogP contribution in [0.2, 0.25) is 0 Å². The van der Waals surface area contributed by atoms with Gasteiger partial charge in [0.2, 0.25) is 11.8 Å². The molecule has 47 heavy (non-hydrogen) atoms. The first-order valence-corrected chi connectivity index (χ1v) is 17.9. The summed E-state index contributed by atoms with van der Waals surface area (Å²) in [6, 6.07) is 14.3. The molecule has 3 amide bonds. The van der Waals surface area contributed by atoms with E-state index in [0.29, 0.717) is 31.6 Å². The van der Waals surface area contributed by atoms with Crippen LogP contribution in [0.3, 0.4) is 0 Å². The summed E-state index contributed by atoms with van der Waals surface area (Å²) in [5.74, 6) is -1.82. The minimum atomic E-state index is -1.12. The van der Waals surface area contributed by atoms with Gasteiger partial charge >= 0.3 is 18.0 Å². The lowest BCUT2D eigenvalue weighted by atomic mass is 9.98. The van der Waals surface area contributed by atoms with Gasteiger partial charge in [0.1, 0.15) is 18.7 Å². The third kappa shape index (κ3) is 12.1. The standard InChI is InChI=1S/C34H45N3O8S2/c1-34(2,3)47-46-21-28(31(40)35-18-12-6-7-17-29(38)36-27(32(41)44-5)19-30(39)43-4)37-33(42)45-20-26-24-15-10-8-13-22(24)23-14-9-11-16-25(23)26/h8-11,13-16,26-28H,6-7,12,17-21H2,1-5H3,(H,35,40)(H,36,38)(H,37,42). The van der Waals surface area contributed by atoms with Crippen molar-refractivity contribution in [3.8, 4) is 11.1 Å². The maximum Gasteiger partial charge on any atom is 0.407 e. The molecule has 2 aromatic carbocycles. The lowest BCUT2D eigenvalue weighted by Gasteiger charge is -2.21. The smallest absolute Gasteiger partial charge is 0.407 e. The zero-order valence-electron chi connectivity index (χ0n) is 27.6. The minimum Gasteiger partial charge on any atom is -0.469 e. The van der Waals surface area contributed by atoms with E-state index < -0.39 is 36.0 Å². The van der Waals surface area contributed by atoms with Crippen LogP contribution in [0, 0.1) is 0 Å². The number of hydrogen-bond acceptors (Lipinski definition) is 10. The second kappa shape index (κ2) is 18.6. The highest BCUT2D eigenvalue weighted by atomic mass is 33.1. The molecule has 0 radical (unpaired) electrons. The van der Waals surface area contributed by atoms with Crippen LogP contribution < -0.4 is 16.0 Å². The van der Waals surface area contributed by atoms with Crippen LogP contribution in [-0.2, 0) is 33.4 Å². The Morgan fingerprint density at radius 3 is 2.06 bits per heavy atom. The van der Waals surface area contributed by atoms with E-state index >= 15 is 0 Å². The third-order valence-electron chi connectivity index (χ3n) is 7.30. The summed E-state index contributed by atoms with van der Waals surface area (Å²) in [5, 5.41) is 8.15. The Kier molecular flexibility index (Phi) is 14.9. The first-order valence-electron chi connectivity index (χ1n) is 15.6. The van der Waals surface area contributed by atoms with E-state index in [2.05, 4.69) is 70.5 Å². The number of benzene rings is 2. The molecule has 0 spiro atoms. The number of carbonyl (C=O) groups is 5. The van der Waals surface area contributed by atoms with Crippen molar-refractivity contribution in [2.24, 2.45) is 0 Å². The average molecular weight is 688 g/mol. The van der Waals surface area contributed by atoms with E-state index in [1.54, 1.807) is 10.8 Å². The minimum absolute atomic E-state index is 0.0298. The molecule has 2 aromatic rings. The molecule has 0 saturated heterocycles. The van der Waals surface area contributed by atoms with E-state index in [0.717, 1.165) is 22.3 Å². The Labute approximate surface area is 284 Å². The van der Waals surface area contributed by atoms with Gasteiger partial charge in [-0.2, -0.15) is 0 Å². The number of esters is 2. The summed E-state index contributed by atoms with van der Waals surface area (Å²) in [7, 11) is 5.50. The molecular weight excluding hydrogens is 643 g/mol. The van der Waals surface area contributed by atoms with Crippen molar-refractivity contribution in [2.75, 3.05) is 33.1 Å². The summed E-state index contributed by atoms with van der Waals surface area (Å²) >= 11 is 0. The van der Waals surface area contributed by atoms with E-state index in [-0.39, 0.29) is 36.0 Å². The average Bonchev–Trinajstić information content (AvgIpc) is 3.36. The molecule has 0 fully saturated rings. The predicted molar refractivity (Wildman–Crippen MR) is 184 cm³/mol. The molecule has 256 valence electrons. The molecule has 0 bridgehead atoms. The van der Waals surface area contributed by atoms with Gasteiger partial charge < -0.3 is 30.2 Å². The molecule has 2 atom stereocenters. The quantitative estimate of drug-likeness (QED) is 0.0901. The summed E-state index contributed by atoms with van der Waals surface area (Å²) in [5.41, 5.74) is 4.48. The Balaban J connectivity index is 1.47. The molecule has 0 saturated carbocycles. The number of carbonyl (C=O) groups excluding carboxylic acids is 5. The number of methoxy groups -OCH3 is 2. The van der Waals surface area contributed by atoms with Crippen LogP contribution in [0.5, 0.6) is 0 Å². The number of ether oxygens (including phenoxy) is 3. The maximum atomic E-state index is 13.1. The Morgan fingerprint density at radius 1 is 0.830 bits per heavy atom. The van der Waals surface area contributed by atoms with Gasteiger partial charge in [-0.15, -0.1) is 0 Å². The summed E-state index contributed by atoms with van der Waals surface area (Å²) < 4.78 is 14.9. The van der Waals surface area contributed by atoms with Crippen molar-refractivity contribution in [2.45, 2.75) is 75.6 Å². The maximum absolute atomic E-state index is 13.1. The van der Waals surface area contributed by atoms with Gasteiger partial charge in [-0.25, -0.2) is 9.59 Å². The normalized spacial score (nSPS) is 13.4. The van der Waals surface area contributed by atoms with Crippen LogP contribution in [0.15, 0.2) is 48.5 Å². The molecule has 3 N–H and O–H groups in total. The van der Waals surface area contributed by atoms with Gasteiger partial charge in [-0.05, 0) is 35.1 Å². The van der Waals surface area contributed by atoms with Crippen molar-refractivity contribution < 1.29 is 38.2 Å². The van der Waals surface area contributed by atoms with Gasteiger partial charge in [-0.3, -0.25) is 14.4 Å². The lowest BCUT2D eigenvalue weighted by molar-refractivity contribution is -0.150. The lowest BCUT2D eigenvalue weighted by Crippen LogP contribution is -2.48. The molecule has 3 rings (SSSR count). The van der Waals surface area contributed by atoms with Crippen molar-refractivity contribution >= 4 is 51.4 Å². The van der Waals surface area contributed by atoms with Crippen molar-refractivity contribution in [1.29, 1.82) is 0 Å². The zero-order valence-corrected chi connectivity index (χ0v) is 29.2. The molecule has 0 aliphatic heterocycles. The summed E-state index contributed by atoms with van der Waals surface area (Å²) in [6.07, 6.45) is 0.897. The molecule has 0 aromatic heterocycles. The number of amides is 3. The highest BCUT2D eigenvalue weighted by Crippen LogP contribution is 2.44. The van der Waals surface area contributed by atoms with E-state index in [1.807, 2.05) is 24.3 Å². The zero-order chi connectivity index (χ0) is 34.4. The molecule has 13 heteroatoms. The van der Waals surface area contributed by atoms with Crippen molar-refractivity contribution in [3.05, 3.63) is 59.7 Å². The first-order chi connectivity index (χ1) is 22.4. The number of fused-ring (bicyclic) bond motifs is 3. The number of unbranched alkanes of at least 4 members (excludes halogenated alkanes) is 2. The van der Waals surface area contributed by atoms with E-state index in [9.17, 15) is 24.0 Å². The van der Waals surface area contributed by atoms with Crippen LogP contribution in [-0.4, -0.2) is 79.8 Å². The third-order valence-corrected chi connectivity index (χ3v) is 10.6.